The molecule has 2 aliphatic rings. The molecule has 2 fully saturated rings. The van der Waals surface area contributed by atoms with Crippen molar-refractivity contribution >= 4 is 0 Å². The van der Waals surface area contributed by atoms with Crippen molar-refractivity contribution in [2.45, 2.75) is 31.3 Å². The van der Waals surface area contributed by atoms with Crippen LogP contribution >= 0.6 is 0 Å². The molecule has 0 aromatic rings. The topological polar surface area (TPSA) is 58.9 Å². The molecule has 4 heteroatoms. The lowest BCUT2D eigenvalue weighted by Gasteiger charge is -2.21. The molecule has 12 heavy (non-hydrogen) atoms. The van der Waals surface area contributed by atoms with Gasteiger partial charge in [-0.05, 0) is 6.42 Å². The van der Waals surface area contributed by atoms with Gasteiger partial charge in [-0.15, -0.1) is 0 Å². The summed E-state index contributed by atoms with van der Waals surface area (Å²) in [6.07, 6.45) is -0.122. The molecule has 0 bridgehead atoms. The Balaban J connectivity index is 2.18. The molecule has 2 saturated heterocycles. The van der Waals surface area contributed by atoms with Crippen molar-refractivity contribution in [1.82, 2.24) is 0 Å². The Morgan fingerprint density at radius 1 is 1.42 bits per heavy atom. The van der Waals surface area contributed by atoms with Gasteiger partial charge in [-0.2, -0.15) is 0 Å². The van der Waals surface area contributed by atoms with Crippen LogP contribution in [0.4, 0.5) is 0 Å². The number of ether oxygens (including phenoxy) is 2. The zero-order valence-electron chi connectivity index (χ0n) is 7.06. The summed E-state index contributed by atoms with van der Waals surface area (Å²) < 4.78 is 10.3. The second-order valence-corrected chi connectivity index (χ2v) is 3.59. The van der Waals surface area contributed by atoms with Crippen LogP contribution in [0, 0.1) is 5.92 Å². The van der Waals surface area contributed by atoms with Gasteiger partial charge in [0, 0.05) is 0 Å². The smallest absolute Gasteiger partial charge is 0.162 e. The van der Waals surface area contributed by atoms with Crippen LogP contribution < -0.4 is 0 Å². The molecular formula is C8H14O4. The van der Waals surface area contributed by atoms with Crippen LogP contribution in [0.1, 0.15) is 13.3 Å². The van der Waals surface area contributed by atoms with E-state index in [1.54, 1.807) is 0 Å². The summed E-state index contributed by atoms with van der Waals surface area (Å²) in [5.41, 5.74) is -0.944. The number of aliphatic hydroxyl groups excluding tert-OH is 1. The fourth-order valence-electron chi connectivity index (χ4n) is 2.09. The standard InChI is InChI=1S/C8H14O4/c1-2-5-6-7(9)12-4-8(6,10)3-11-5/h5-7,9-10H,2-4H2,1H3. The highest BCUT2D eigenvalue weighted by molar-refractivity contribution is 5.01. The summed E-state index contributed by atoms with van der Waals surface area (Å²) in [5, 5.41) is 19.3. The highest BCUT2D eigenvalue weighted by atomic mass is 16.6. The number of rotatable bonds is 1. The van der Waals surface area contributed by atoms with Crippen LogP contribution in [-0.4, -0.2) is 41.4 Å². The first kappa shape index (κ1) is 8.44. The molecule has 4 nitrogen and oxygen atoms in total. The van der Waals surface area contributed by atoms with E-state index in [-0.39, 0.29) is 25.2 Å². The molecular weight excluding hydrogens is 160 g/mol. The van der Waals surface area contributed by atoms with Crippen LogP contribution in [0.3, 0.4) is 0 Å². The Morgan fingerprint density at radius 2 is 2.08 bits per heavy atom. The van der Waals surface area contributed by atoms with Crippen LogP contribution in [0.15, 0.2) is 0 Å². The molecule has 70 valence electrons. The van der Waals surface area contributed by atoms with Gasteiger partial charge >= 0.3 is 0 Å². The Labute approximate surface area is 71.1 Å². The van der Waals surface area contributed by atoms with Gasteiger partial charge in [0.1, 0.15) is 5.60 Å². The molecule has 2 rings (SSSR count). The number of hydrogen-bond donors (Lipinski definition) is 2. The predicted molar refractivity (Wildman–Crippen MR) is 40.4 cm³/mol. The van der Waals surface area contributed by atoms with E-state index in [0.717, 1.165) is 6.42 Å². The molecule has 0 aromatic carbocycles. The van der Waals surface area contributed by atoms with E-state index in [9.17, 15) is 10.2 Å². The number of aliphatic hydroxyl groups is 2. The average Bonchev–Trinajstić information content (AvgIpc) is 2.51. The third kappa shape index (κ3) is 0.992. The van der Waals surface area contributed by atoms with E-state index in [1.165, 1.54) is 0 Å². The van der Waals surface area contributed by atoms with Gasteiger partial charge in [-0.1, -0.05) is 6.92 Å². The van der Waals surface area contributed by atoms with Crippen molar-refractivity contribution in [3.63, 3.8) is 0 Å². The van der Waals surface area contributed by atoms with Crippen LogP contribution in [-0.2, 0) is 9.47 Å². The molecule has 2 N–H and O–H groups in total. The van der Waals surface area contributed by atoms with E-state index >= 15 is 0 Å². The average molecular weight is 174 g/mol. The quantitative estimate of drug-likeness (QED) is 0.562. The van der Waals surface area contributed by atoms with Crippen LogP contribution in [0.5, 0.6) is 0 Å². The molecule has 0 amide bonds. The first-order chi connectivity index (χ1) is 5.67. The van der Waals surface area contributed by atoms with Gasteiger partial charge in [0.2, 0.25) is 0 Å². The SMILES string of the molecule is CCC1OCC2(O)COC(O)C12. The lowest BCUT2D eigenvalue weighted by Crippen LogP contribution is -2.40. The molecule has 2 heterocycles. The second kappa shape index (κ2) is 2.67. The van der Waals surface area contributed by atoms with Crippen molar-refractivity contribution in [2.75, 3.05) is 13.2 Å². The maximum Gasteiger partial charge on any atom is 0.162 e. The van der Waals surface area contributed by atoms with Crippen molar-refractivity contribution in [3.05, 3.63) is 0 Å². The Bertz CT molecular complexity index is 184. The molecule has 0 aliphatic carbocycles. The van der Waals surface area contributed by atoms with Crippen molar-refractivity contribution in [1.29, 1.82) is 0 Å². The van der Waals surface area contributed by atoms with Crippen molar-refractivity contribution < 1.29 is 19.7 Å². The fraction of sp³-hybridized carbons (Fsp3) is 1.00. The summed E-state index contributed by atoms with van der Waals surface area (Å²) in [4.78, 5) is 0. The minimum absolute atomic E-state index is 0.0625. The molecule has 0 spiro atoms. The largest absolute Gasteiger partial charge is 0.384 e. The summed E-state index contributed by atoms with van der Waals surface area (Å²) in [5.74, 6) is -0.262. The zero-order chi connectivity index (χ0) is 8.77. The second-order valence-electron chi connectivity index (χ2n) is 3.59. The zero-order valence-corrected chi connectivity index (χ0v) is 7.06. The van der Waals surface area contributed by atoms with Crippen LogP contribution in [0.25, 0.3) is 0 Å². The van der Waals surface area contributed by atoms with E-state index in [0.29, 0.717) is 0 Å². The Morgan fingerprint density at radius 3 is 2.75 bits per heavy atom. The van der Waals surface area contributed by atoms with Crippen LogP contribution in [0.2, 0.25) is 0 Å². The maximum absolute atomic E-state index is 9.89. The first-order valence-electron chi connectivity index (χ1n) is 4.31. The third-order valence-corrected chi connectivity index (χ3v) is 2.78. The highest BCUT2D eigenvalue weighted by Gasteiger charge is 2.56. The van der Waals surface area contributed by atoms with Gasteiger partial charge in [0.25, 0.3) is 0 Å². The first-order valence-corrected chi connectivity index (χ1v) is 4.31. The van der Waals surface area contributed by atoms with Gasteiger partial charge in [-0.3, -0.25) is 0 Å². The summed E-state index contributed by atoms with van der Waals surface area (Å²) >= 11 is 0. The molecule has 4 atom stereocenters. The van der Waals surface area contributed by atoms with Gasteiger partial charge < -0.3 is 19.7 Å². The van der Waals surface area contributed by atoms with E-state index < -0.39 is 11.9 Å². The predicted octanol–water partition coefficient (Wildman–Crippen LogP) is -0.509. The minimum Gasteiger partial charge on any atom is -0.384 e. The summed E-state index contributed by atoms with van der Waals surface area (Å²) in [6, 6.07) is 0. The van der Waals surface area contributed by atoms with Gasteiger partial charge in [-0.25, -0.2) is 0 Å². The number of hydrogen-bond acceptors (Lipinski definition) is 4. The molecule has 4 unspecified atom stereocenters. The lowest BCUT2D eigenvalue weighted by atomic mass is 9.88. The van der Waals surface area contributed by atoms with Gasteiger partial charge in [0.05, 0.1) is 25.2 Å². The Kier molecular flexibility index (Phi) is 1.88. The monoisotopic (exact) mass is 174 g/mol. The van der Waals surface area contributed by atoms with Crippen molar-refractivity contribution in [3.8, 4) is 0 Å². The highest BCUT2D eigenvalue weighted by Crippen LogP contribution is 2.40. The molecule has 2 aliphatic heterocycles. The summed E-state index contributed by atoms with van der Waals surface area (Å²) in [6.45, 7) is 2.45. The maximum atomic E-state index is 9.89. The molecule has 0 radical (unpaired) electrons. The normalized spacial score (nSPS) is 52.8. The van der Waals surface area contributed by atoms with E-state index in [4.69, 9.17) is 9.47 Å². The minimum atomic E-state index is -0.944. The summed E-state index contributed by atoms with van der Waals surface area (Å²) in [7, 11) is 0. The third-order valence-electron chi connectivity index (χ3n) is 2.78. The Hall–Kier alpha value is -0.160. The number of fused-ring (bicyclic) bond motifs is 1. The molecule has 0 saturated carbocycles. The lowest BCUT2D eigenvalue weighted by molar-refractivity contribution is -0.108. The van der Waals surface area contributed by atoms with Gasteiger partial charge in [0.15, 0.2) is 6.29 Å². The van der Waals surface area contributed by atoms with Crippen molar-refractivity contribution in [2.24, 2.45) is 5.92 Å². The van der Waals surface area contributed by atoms with E-state index in [1.807, 2.05) is 6.92 Å². The molecule has 0 aromatic heterocycles. The van der Waals surface area contributed by atoms with E-state index in [2.05, 4.69) is 0 Å². The fourth-order valence-corrected chi connectivity index (χ4v) is 2.09.